The second-order valence-electron chi connectivity index (χ2n) is 9.40. The van der Waals surface area contributed by atoms with Crippen LogP contribution in [0.4, 0.5) is 10.1 Å². The Morgan fingerprint density at radius 3 is 2.23 bits per heavy atom. The molecular weight excluding hydrogens is 519 g/mol. The number of hydrogen-bond acceptors (Lipinski definition) is 5. The highest BCUT2D eigenvalue weighted by Gasteiger charge is 2.33. The van der Waals surface area contributed by atoms with Crippen LogP contribution in [0.1, 0.15) is 44.6 Å². The third-order valence-corrected chi connectivity index (χ3v) is 8.76. The quantitative estimate of drug-likeness (QED) is 0.321. The molecule has 0 saturated carbocycles. The number of fused-ring (bicyclic) bond motifs is 1. The number of ketones is 1. The number of aryl methyl sites for hydroxylation is 1. The van der Waals surface area contributed by atoms with Gasteiger partial charge in [-0.25, -0.2) is 12.8 Å². The zero-order valence-corrected chi connectivity index (χ0v) is 22.4. The predicted molar refractivity (Wildman–Crippen MR) is 144 cm³/mol. The lowest BCUT2D eigenvalue weighted by Crippen LogP contribution is -2.37. The van der Waals surface area contributed by atoms with Crippen molar-refractivity contribution < 1.29 is 22.4 Å². The Kier molecular flexibility index (Phi) is 7.16. The molecule has 1 aliphatic rings. The fourth-order valence-corrected chi connectivity index (χ4v) is 6.18. The monoisotopic (exact) mass is 546 g/mol. The van der Waals surface area contributed by atoms with Crippen LogP contribution in [0.5, 0.6) is 0 Å². The molecule has 3 aromatic carbocycles. The van der Waals surface area contributed by atoms with Gasteiger partial charge < -0.3 is 4.90 Å². The summed E-state index contributed by atoms with van der Waals surface area (Å²) in [5, 5.41) is 4.67. The van der Waals surface area contributed by atoms with E-state index in [-0.39, 0.29) is 36.2 Å². The second kappa shape index (κ2) is 10.5. The van der Waals surface area contributed by atoms with Gasteiger partial charge in [0.15, 0.2) is 5.78 Å². The molecule has 0 bridgehead atoms. The van der Waals surface area contributed by atoms with Gasteiger partial charge in [0, 0.05) is 54.6 Å². The largest absolute Gasteiger partial charge is 0.302 e. The molecule has 5 rings (SSSR count). The standard InChI is InChI=1S/C29H27FN4O4S/c1-20(35)21-10-14-25(15-11-21)39(37,38)33-17-16-28-26(18-33)27(31-32(28)2)19-34(24-6-4-3-5-7-24)29(36)22-8-12-23(30)13-9-22/h3-15H,16-19H2,1-2H3. The first-order valence-electron chi connectivity index (χ1n) is 12.4. The summed E-state index contributed by atoms with van der Waals surface area (Å²) in [5.74, 6) is -0.903. The minimum atomic E-state index is -3.83. The molecule has 0 saturated heterocycles. The molecule has 0 radical (unpaired) electrons. The molecule has 200 valence electrons. The third kappa shape index (κ3) is 5.25. The summed E-state index contributed by atoms with van der Waals surface area (Å²) in [6.45, 7) is 1.91. The Morgan fingerprint density at radius 1 is 0.949 bits per heavy atom. The van der Waals surface area contributed by atoms with Gasteiger partial charge in [-0.05, 0) is 55.5 Å². The van der Waals surface area contributed by atoms with Crippen LogP contribution in [-0.4, -0.2) is 40.7 Å². The zero-order chi connectivity index (χ0) is 27.7. The Labute approximate surface area is 226 Å². The second-order valence-corrected chi connectivity index (χ2v) is 11.3. The average Bonchev–Trinajstić information content (AvgIpc) is 3.26. The molecule has 0 atom stereocenters. The van der Waals surface area contributed by atoms with Crippen molar-refractivity contribution in [3.63, 3.8) is 0 Å². The van der Waals surface area contributed by atoms with Crippen molar-refractivity contribution in [3.8, 4) is 0 Å². The van der Waals surface area contributed by atoms with E-state index in [9.17, 15) is 22.4 Å². The number of para-hydroxylation sites is 1. The number of carbonyl (C=O) groups excluding carboxylic acids is 2. The molecule has 1 aliphatic heterocycles. The number of halogens is 1. The van der Waals surface area contributed by atoms with Crippen LogP contribution in [0, 0.1) is 5.82 Å². The summed E-state index contributed by atoms with van der Waals surface area (Å²) in [4.78, 5) is 26.8. The summed E-state index contributed by atoms with van der Waals surface area (Å²) < 4.78 is 43.6. The van der Waals surface area contributed by atoms with Crippen molar-refractivity contribution >= 4 is 27.4 Å². The molecule has 8 nitrogen and oxygen atoms in total. The molecule has 0 fully saturated rings. The van der Waals surface area contributed by atoms with Crippen LogP contribution >= 0.6 is 0 Å². The van der Waals surface area contributed by atoms with Gasteiger partial charge in [0.05, 0.1) is 17.1 Å². The van der Waals surface area contributed by atoms with Gasteiger partial charge in [0.1, 0.15) is 5.82 Å². The van der Waals surface area contributed by atoms with Crippen molar-refractivity contribution in [2.75, 3.05) is 11.4 Å². The first-order chi connectivity index (χ1) is 18.6. The highest BCUT2D eigenvalue weighted by molar-refractivity contribution is 7.89. The number of sulfonamides is 1. The van der Waals surface area contributed by atoms with Gasteiger partial charge in [-0.15, -0.1) is 0 Å². The minimum absolute atomic E-state index is 0.0999. The van der Waals surface area contributed by atoms with E-state index in [0.717, 1.165) is 11.3 Å². The highest BCUT2D eigenvalue weighted by Crippen LogP contribution is 2.29. The van der Waals surface area contributed by atoms with E-state index in [4.69, 9.17) is 0 Å². The maximum absolute atomic E-state index is 13.6. The molecule has 10 heteroatoms. The fourth-order valence-electron chi connectivity index (χ4n) is 4.77. The summed E-state index contributed by atoms with van der Waals surface area (Å²) in [6, 6.07) is 20.4. The van der Waals surface area contributed by atoms with Gasteiger partial charge in [-0.3, -0.25) is 14.3 Å². The van der Waals surface area contributed by atoms with Crippen LogP contribution in [-0.2, 0) is 36.6 Å². The first kappa shape index (κ1) is 26.5. The Hall–Kier alpha value is -4.15. The maximum atomic E-state index is 13.6. The average molecular weight is 547 g/mol. The number of carbonyl (C=O) groups is 2. The van der Waals surface area contributed by atoms with E-state index in [2.05, 4.69) is 5.10 Å². The van der Waals surface area contributed by atoms with E-state index < -0.39 is 15.8 Å². The number of rotatable bonds is 7. The third-order valence-electron chi connectivity index (χ3n) is 6.90. The lowest BCUT2D eigenvalue weighted by molar-refractivity contribution is 0.0982. The van der Waals surface area contributed by atoms with E-state index in [1.807, 2.05) is 25.2 Å². The number of amides is 1. The summed E-state index contributed by atoms with van der Waals surface area (Å²) in [7, 11) is -2.02. The van der Waals surface area contributed by atoms with Gasteiger partial charge in [-0.2, -0.15) is 9.40 Å². The van der Waals surface area contributed by atoms with Crippen molar-refractivity contribution in [3.05, 3.63) is 113 Å². The summed E-state index contributed by atoms with van der Waals surface area (Å²) in [6.07, 6.45) is 0.459. The van der Waals surface area contributed by atoms with Gasteiger partial charge in [0.25, 0.3) is 5.91 Å². The van der Waals surface area contributed by atoms with Crippen molar-refractivity contribution in [2.24, 2.45) is 7.05 Å². The van der Waals surface area contributed by atoms with Crippen molar-refractivity contribution in [1.82, 2.24) is 14.1 Å². The lowest BCUT2D eigenvalue weighted by Gasteiger charge is -2.28. The van der Waals surface area contributed by atoms with Crippen molar-refractivity contribution in [2.45, 2.75) is 31.3 Å². The SMILES string of the molecule is CC(=O)c1ccc(S(=O)(=O)N2CCc3c(c(CN(C(=O)c4ccc(F)cc4)c4ccccc4)nn3C)C2)cc1. The number of aromatic nitrogens is 2. The molecule has 0 aliphatic carbocycles. The molecule has 2 heterocycles. The van der Waals surface area contributed by atoms with E-state index >= 15 is 0 Å². The number of anilines is 1. The van der Waals surface area contributed by atoms with Crippen LogP contribution < -0.4 is 4.90 Å². The van der Waals surface area contributed by atoms with Crippen LogP contribution in [0.25, 0.3) is 0 Å². The summed E-state index contributed by atoms with van der Waals surface area (Å²) in [5.41, 5.74) is 3.64. The highest BCUT2D eigenvalue weighted by atomic mass is 32.2. The fraction of sp³-hybridized carbons (Fsp3) is 0.207. The molecule has 0 N–H and O–H groups in total. The summed E-state index contributed by atoms with van der Waals surface area (Å²) >= 11 is 0. The first-order valence-corrected chi connectivity index (χ1v) is 13.9. The van der Waals surface area contributed by atoms with E-state index in [1.54, 1.807) is 21.7 Å². The van der Waals surface area contributed by atoms with Gasteiger partial charge in [0.2, 0.25) is 10.0 Å². The smallest absolute Gasteiger partial charge is 0.258 e. The number of Topliss-reactive ketones (excluding diaryl/α,β-unsaturated/α-hetero) is 1. The van der Waals surface area contributed by atoms with Gasteiger partial charge in [-0.1, -0.05) is 30.3 Å². The lowest BCUT2D eigenvalue weighted by atomic mass is 10.1. The van der Waals surface area contributed by atoms with Gasteiger partial charge >= 0.3 is 0 Å². The molecule has 0 spiro atoms. The van der Waals surface area contributed by atoms with Crippen LogP contribution in [0.15, 0.2) is 83.8 Å². The molecule has 1 aromatic heterocycles. The Balaban J connectivity index is 1.47. The van der Waals surface area contributed by atoms with Crippen molar-refractivity contribution in [1.29, 1.82) is 0 Å². The molecule has 4 aromatic rings. The number of benzene rings is 3. The van der Waals surface area contributed by atoms with Crippen LogP contribution in [0.2, 0.25) is 0 Å². The number of hydrogen-bond donors (Lipinski definition) is 0. The topological polar surface area (TPSA) is 92.6 Å². The molecular formula is C29H27FN4O4S. The molecule has 1 amide bonds. The van der Waals surface area contributed by atoms with Crippen LogP contribution in [0.3, 0.4) is 0 Å². The minimum Gasteiger partial charge on any atom is -0.302 e. The van der Waals surface area contributed by atoms with E-state index in [0.29, 0.717) is 28.9 Å². The van der Waals surface area contributed by atoms with E-state index in [1.165, 1.54) is 59.8 Å². The molecule has 0 unspecified atom stereocenters. The number of nitrogens with zero attached hydrogens (tertiary/aromatic N) is 4. The predicted octanol–water partition coefficient (Wildman–Crippen LogP) is 4.36. The maximum Gasteiger partial charge on any atom is 0.258 e. The Bertz CT molecular complexity index is 1630. The normalized spacial score (nSPS) is 13.6. The molecule has 39 heavy (non-hydrogen) atoms. The zero-order valence-electron chi connectivity index (χ0n) is 21.5. The Morgan fingerprint density at radius 2 is 1.59 bits per heavy atom.